The van der Waals surface area contributed by atoms with E-state index in [1.54, 1.807) is 0 Å². The first-order valence-electron chi connectivity index (χ1n) is 9.01. The predicted octanol–water partition coefficient (Wildman–Crippen LogP) is 1.34. The Morgan fingerprint density at radius 2 is 1.96 bits per heavy atom. The summed E-state index contributed by atoms with van der Waals surface area (Å²) in [5.74, 6) is 0.691. The van der Waals surface area contributed by atoms with Gasteiger partial charge in [0.2, 0.25) is 5.91 Å². The maximum atomic E-state index is 12.7. The van der Waals surface area contributed by atoms with Gasteiger partial charge in [-0.15, -0.1) is 0 Å². The number of ether oxygens (including phenoxy) is 1. The van der Waals surface area contributed by atoms with Gasteiger partial charge < -0.3 is 15.4 Å². The Balaban J connectivity index is 1.68. The van der Waals surface area contributed by atoms with E-state index in [1.807, 2.05) is 6.92 Å². The van der Waals surface area contributed by atoms with Crippen LogP contribution in [0.25, 0.3) is 0 Å². The van der Waals surface area contributed by atoms with Gasteiger partial charge in [0.15, 0.2) is 0 Å². The standard InChI is InChI=1S/C19H29N3O2/c1-14-3-5-16(6-4-14)18(13-22-7-9-24-10-8-22)21-19(23)15(2)17-11-20-12-17/h3-6,15,17-18,20H,7-13H2,1-2H3,(H,21,23). The topological polar surface area (TPSA) is 53.6 Å². The summed E-state index contributed by atoms with van der Waals surface area (Å²) >= 11 is 0. The molecule has 3 rings (SSSR count). The highest BCUT2D eigenvalue weighted by atomic mass is 16.5. The van der Waals surface area contributed by atoms with Crippen LogP contribution in [0.15, 0.2) is 24.3 Å². The minimum atomic E-state index is 0.0340. The van der Waals surface area contributed by atoms with Gasteiger partial charge in [-0.05, 0) is 31.5 Å². The molecule has 5 nitrogen and oxygen atoms in total. The van der Waals surface area contributed by atoms with Gasteiger partial charge >= 0.3 is 0 Å². The Kier molecular flexibility index (Phi) is 5.87. The molecule has 2 heterocycles. The summed E-state index contributed by atoms with van der Waals surface area (Å²) in [7, 11) is 0. The van der Waals surface area contributed by atoms with Crippen LogP contribution in [0.1, 0.15) is 24.1 Å². The fourth-order valence-electron chi connectivity index (χ4n) is 3.26. The minimum Gasteiger partial charge on any atom is -0.379 e. The molecule has 0 saturated carbocycles. The van der Waals surface area contributed by atoms with Gasteiger partial charge in [-0.25, -0.2) is 0 Å². The lowest BCUT2D eigenvalue weighted by Crippen LogP contribution is -2.51. The molecule has 0 radical (unpaired) electrons. The van der Waals surface area contributed by atoms with Crippen molar-refractivity contribution in [2.24, 2.45) is 11.8 Å². The maximum absolute atomic E-state index is 12.7. The summed E-state index contributed by atoms with van der Waals surface area (Å²) in [4.78, 5) is 15.1. The normalized spacial score (nSPS) is 21.8. The Bertz CT molecular complexity index is 536. The average Bonchev–Trinajstić information content (AvgIpc) is 2.54. The van der Waals surface area contributed by atoms with E-state index in [-0.39, 0.29) is 17.9 Å². The molecule has 1 aromatic rings. The fraction of sp³-hybridized carbons (Fsp3) is 0.632. The van der Waals surface area contributed by atoms with Gasteiger partial charge in [-0.1, -0.05) is 36.8 Å². The van der Waals surface area contributed by atoms with E-state index in [2.05, 4.69) is 46.7 Å². The fourth-order valence-corrected chi connectivity index (χ4v) is 3.26. The SMILES string of the molecule is Cc1ccc(C(CN2CCOCC2)NC(=O)C(C)C2CNC2)cc1. The summed E-state index contributed by atoms with van der Waals surface area (Å²) in [6, 6.07) is 8.54. The molecule has 2 N–H and O–H groups in total. The van der Waals surface area contributed by atoms with Crippen LogP contribution < -0.4 is 10.6 Å². The molecule has 0 aromatic heterocycles. The van der Waals surface area contributed by atoms with Crippen LogP contribution in [0.2, 0.25) is 0 Å². The number of carbonyl (C=O) groups is 1. The number of benzene rings is 1. The number of morpholine rings is 1. The van der Waals surface area contributed by atoms with E-state index in [0.29, 0.717) is 5.92 Å². The molecule has 2 saturated heterocycles. The first-order chi connectivity index (χ1) is 11.6. The van der Waals surface area contributed by atoms with Gasteiger partial charge in [-0.2, -0.15) is 0 Å². The van der Waals surface area contributed by atoms with Crippen molar-refractivity contribution in [3.63, 3.8) is 0 Å². The van der Waals surface area contributed by atoms with Gasteiger partial charge in [0.05, 0.1) is 19.3 Å². The Morgan fingerprint density at radius 3 is 2.54 bits per heavy atom. The molecule has 1 amide bonds. The first kappa shape index (κ1) is 17.4. The zero-order chi connectivity index (χ0) is 16.9. The lowest BCUT2D eigenvalue weighted by atomic mass is 9.88. The molecule has 0 bridgehead atoms. The van der Waals surface area contributed by atoms with E-state index < -0.39 is 0 Å². The predicted molar refractivity (Wildman–Crippen MR) is 94.8 cm³/mol. The average molecular weight is 331 g/mol. The Hall–Kier alpha value is -1.43. The molecular weight excluding hydrogens is 302 g/mol. The van der Waals surface area contributed by atoms with Crippen LogP contribution in [0.5, 0.6) is 0 Å². The van der Waals surface area contributed by atoms with Crippen molar-refractivity contribution >= 4 is 5.91 Å². The molecule has 2 unspecified atom stereocenters. The monoisotopic (exact) mass is 331 g/mol. The number of hydrogen-bond acceptors (Lipinski definition) is 4. The lowest BCUT2D eigenvalue weighted by molar-refractivity contribution is -0.127. The smallest absolute Gasteiger partial charge is 0.223 e. The quantitative estimate of drug-likeness (QED) is 0.826. The largest absolute Gasteiger partial charge is 0.379 e. The second kappa shape index (κ2) is 8.10. The molecule has 24 heavy (non-hydrogen) atoms. The van der Waals surface area contributed by atoms with Crippen LogP contribution in [0.3, 0.4) is 0 Å². The minimum absolute atomic E-state index is 0.0340. The second-order valence-electron chi connectivity index (χ2n) is 7.09. The van der Waals surface area contributed by atoms with Gasteiger partial charge in [-0.3, -0.25) is 9.69 Å². The third-order valence-electron chi connectivity index (χ3n) is 5.27. The highest BCUT2D eigenvalue weighted by Gasteiger charge is 2.30. The molecule has 5 heteroatoms. The number of rotatable bonds is 6. The van der Waals surface area contributed by atoms with Crippen molar-refractivity contribution in [2.45, 2.75) is 19.9 Å². The summed E-state index contributed by atoms with van der Waals surface area (Å²) in [6.07, 6.45) is 0. The van der Waals surface area contributed by atoms with Crippen LogP contribution >= 0.6 is 0 Å². The lowest BCUT2D eigenvalue weighted by Gasteiger charge is -2.34. The van der Waals surface area contributed by atoms with Crippen molar-refractivity contribution in [3.8, 4) is 0 Å². The van der Waals surface area contributed by atoms with Gasteiger partial charge in [0.1, 0.15) is 0 Å². The van der Waals surface area contributed by atoms with E-state index in [4.69, 9.17) is 4.74 Å². The van der Waals surface area contributed by atoms with Crippen molar-refractivity contribution in [1.29, 1.82) is 0 Å². The van der Waals surface area contributed by atoms with Crippen molar-refractivity contribution < 1.29 is 9.53 Å². The molecular formula is C19H29N3O2. The summed E-state index contributed by atoms with van der Waals surface area (Å²) in [5, 5.41) is 6.55. The Morgan fingerprint density at radius 1 is 1.29 bits per heavy atom. The van der Waals surface area contributed by atoms with Crippen LogP contribution in [0, 0.1) is 18.8 Å². The highest BCUT2D eigenvalue weighted by Crippen LogP contribution is 2.20. The molecule has 2 atom stereocenters. The molecule has 1 aromatic carbocycles. The number of nitrogens with zero attached hydrogens (tertiary/aromatic N) is 1. The van der Waals surface area contributed by atoms with Crippen LogP contribution in [-0.4, -0.2) is 56.7 Å². The Labute approximate surface area is 144 Å². The van der Waals surface area contributed by atoms with E-state index in [9.17, 15) is 4.79 Å². The molecule has 2 aliphatic rings. The van der Waals surface area contributed by atoms with Crippen molar-refractivity contribution in [3.05, 3.63) is 35.4 Å². The van der Waals surface area contributed by atoms with E-state index >= 15 is 0 Å². The summed E-state index contributed by atoms with van der Waals surface area (Å²) in [6.45, 7) is 10.3. The molecule has 2 fully saturated rings. The highest BCUT2D eigenvalue weighted by molar-refractivity contribution is 5.79. The molecule has 0 aliphatic carbocycles. The second-order valence-corrected chi connectivity index (χ2v) is 7.09. The zero-order valence-corrected chi connectivity index (χ0v) is 14.8. The molecule has 2 aliphatic heterocycles. The third-order valence-corrected chi connectivity index (χ3v) is 5.27. The van der Waals surface area contributed by atoms with Crippen molar-refractivity contribution in [2.75, 3.05) is 45.9 Å². The number of hydrogen-bond donors (Lipinski definition) is 2. The number of amides is 1. The zero-order valence-electron chi connectivity index (χ0n) is 14.8. The van der Waals surface area contributed by atoms with Crippen LogP contribution in [0.4, 0.5) is 0 Å². The molecule has 0 spiro atoms. The third kappa shape index (κ3) is 4.35. The number of nitrogens with one attached hydrogen (secondary N) is 2. The summed E-state index contributed by atoms with van der Waals surface area (Å²) < 4.78 is 5.44. The van der Waals surface area contributed by atoms with Crippen LogP contribution in [-0.2, 0) is 9.53 Å². The van der Waals surface area contributed by atoms with Gasteiger partial charge in [0.25, 0.3) is 0 Å². The number of carbonyl (C=O) groups excluding carboxylic acids is 1. The van der Waals surface area contributed by atoms with E-state index in [1.165, 1.54) is 11.1 Å². The molecule has 132 valence electrons. The number of aryl methyl sites for hydroxylation is 1. The first-order valence-corrected chi connectivity index (χ1v) is 9.01. The van der Waals surface area contributed by atoms with Gasteiger partial charge in [0, 0.05) is 25.6 Å². The maximum Gasteiger partial charge on any atom is 0.223 e. The van der Waals surface area contributed by atoms with E-state index in [0.717, 1.165) is 45.9 Å². The van der Waals surface area contributed by atoms with Crippen molar-refractivity contribution in [1.82, 2.24) is 15.5 Å². The summed E-state index contributed by atoms with van der Waals surface area (Å²) in [5.41, 5.74) is 2.42.